The van der Waals surface area contributed by atoms with Crippen LogP contribution in [0.15, 0.2) is 48.6 Å². The second kappa shape index (κ2) is 66.2. The van der Waals surface area contributed by atoms with E-state index in [1.165, 1.54) is 263 Å². The molecule has 492 valence electrons. The van der Waals surface area contributed by atoms with Gasteiger partial charge >= 0.3 is 11.9 Å². The van der Waals surface area contributed by atoms with Crippen LogP contribution < -0.4 is 5.11 Å². The van der Waals surface area contributed by atoms with Crippen molar-refractivity contribution in [3.8, 4) is 0 Å². The van der Waals surface area contributed by atoms with E-state index in [9.17, 15) is 19.5 Å². The molecule has 0 rings (SSSR count). The van der Waals surface area contributed by atoms with Gasteiger partial charge in [-0.3, -0.25) is 9.59 Å². The molecule has 0 aliphatic rings. The van der Waals surface area contributed by atoms with Crippen LogP contribution >= 0.6 is 0 Å². The summed E-state index contributed by atoms with van der Waals surface area (Å²) in [5, 5.41) is 11.8. The number of unbranched alkanes of at least 4 members (excludes halogenated alkanes) is 45. The van der Waals surface area contributed by atoms with Gasteiger partial charge in [0.25, 0.3) is 0 Å². The van der Waals surface area contributed by atoms with Crippen molar-refractivity contribution in [1.29, 1.82) is 0 Å². The van der Waals surface area contributed by atoms with Gasteiger partial charge in [0.2, 0.25) is 0 Å². The van der Waals surface area contributed by atoms with Gasteiger partial charge in [-0.25, -0.2) is 0 Å². The van der Waals surface area contributed by atoms with Crippen LogP contribution in [0.5, 0.6) is 0 Å². The molecule has 0 aromatic carbocycles. The zero-order valence-electron chi connectivity index (χ0n) is 56.3. The van der Waals surface area contributed by atoms with Crippen LogP contribution in [0.3, 0.4) is 0 Å². The van der Waals surface area contributed by atoms with E-state index in [1.807, 2.05) is 21.1 Å². The Morgan fingerprint density at radius 1 is 0.369 bits per heavy atom. The van der Waals surface area contributed by atoms with Gasteiger partial charge < -0.3 is 33.3 Å². The Bertz CT molecular complexity index is 1520. The number of ether oxygens (including phenoxy) is 4. The molecule has 0 aromatic heterocycles. The SMILES string of the molecule is CC/C=C\C/C=C\C/C=C\C/C=C\CCCCCCCCCCCCCCCCCCCCCCC(=O)OC(COC(=O)CCCCCCCCCCCCCCCCCCCCCCCCCCCC)COC(OCC[N+](C)(C)C)C(=O)[O-]. The van der Waals surface area contributed by atoms with Crippen LogP contribution in [0.25, 0.3) is 0 Å². The van der Waals surface area contributed by atoms with E-state index >= 15 is 0 Å². The fourth-order valence-electron chi connectivity index (χ4n) is 10.8. The number of allylic oxidation sites excluding steroid dienone is 8. The van der Waals surface area contributed by atoms with Gasteiger partial charge in [-0.2, -0.15) is 0 Å². The predicted molar refractivity (Wildman–Crippen MR) is 357 cm³/mol. The van der Waals surface area contributed by atoms with Gasteiger partial charge in [0.15, 0.2) is 12.4 Å². The second-order valence-electron chi connectivity index (χ2n) is 25.9. The lowest BCUT2D eigenvalue weighted by Gasteiger charge is -2.26. The summed E-state index contributed by atoms with van der Waals surface area (Å²) in [6.45, 7) is 4.71. The fraction of sp³-hybridized carbons (Fsp3) is 0.853. The van der Waals surface area contributed by atoms with E-state index in [0.29, 0.717) is 17.4 Å². The number of carboxylic acids is 1. The monoisotopic (exact) mass is 1180 g/mol. The summed E-state index contributed by atoms with van der Waals surface area (Å²) in [4.78, 5) is 37.5. The molecule has 0 aliphatic carbocycles. The van der Waals surface area contributed by atoms with Crippen molar-refractivity contribution in [3.05, 3.63) is 48.6 Å². The van der Waals surface area contributed by atoms with E-state index in [2.05, 4.69) is 62.5 Å². The Morgan fingerprint density at radius 2 is 0.679 bits per heavy atom. The van der Waals surface area contributed by atoms with Crippen molar-refractivity contribution in [3.63, 3.8) is 0 Å². The highest BCUT2D eigenvalue weighted by Crippen LogP contribution is 2.19. The highest BCUT2D eigenvalue weighted by molar-refractivity contribution is 5.70. The first-order chi connectivity index (χ1) is 41.1. The summed E-state index contributed by atoms with van der Waals surface area (Å²) in [7, 11) is 5.95. The lowest BCUT2D eigenvalue weighted by Crippen LogP contribution is -2.44. The number of esters is 2. The number of quaternary nitrogens is 1. The van der Waals surface area contributed by atoms with Crippen molar-refractivity contribution in [1.82, 2.24) is 0 Å². The number of carbonyl (C=O) groups excluding carboxylic acids is 3. The summed E-state index contributed by atoms with van der Waals surface area (Å²) >= 11 is 0. The van der Waals surface area contributed by atoms with E-state index in [4.69, 9.17) is 18.9 Å². The van der Waals surface area contributed by atoms with Gasteiger partial charge in [-0.05, 0) is 51.4 Å². The summed E-state index contributed by atoms with van der Waals surface area (Å²) in [6.07, 6.45) is 82.1. The molecule has 0 saturated heterocycles. The van der Waals surface area contributed by atoms with Crippen LogP contribution in [0.4, 0.5) is 0 Å². The first kappa shape index (κ1) is 81.2. The maximum Gasteiger partial charge on any atom is 0.306 e. The summed E-state index contributed by atoms with van der Waals surface area (Å²) in [5.41, 5.74) is 0. The maximum atomic E-state index is 12.9. The number of carbonyl (C=O) groups is 3. The number of aliphatic carboxylic acids is 1. The van der Waals surface area contributed by atoms with Crippen LogP contribution in [0.1, 0.15) is 354 Å². The Labute approximate surface area is 521 Å². The van der Waals surface area contributed by atoms with Gasteiger partial charge in [0, 0.05) is 12.8 Å². The standard InChI is InChI=1S/C75H139NO8/c1-6-8-10-12-14-16-18-20-22-24-26-28-30-32-34-35-36-37-38-39-40-42-44-46-48-50-52-54-56-58-60-62-64-66-73(78)84-71(70-83-75(74(79)80)81-68-67-76(3,4)5)69-82-72(77)65-63-61-59-57-55-53-51-49-47-45-43-41-33-31-29-27-25-23-21-19-17-15-13-11-9-7-2/h8,10,14,16,20,22,26,28,71,75H,6-7,9,11-13,15,17-19,21,23-25,27,29-70H2,1-5H3/b10-8-,16-14-,22-20-,28-26-. The molecule has 0 spiro atoms. The number of hydrogen-bond acceptors (Lipinski definition) is 8. The van der Waals surface area contributed by atoms with Crippen molar-refractivity contribution >= 4 is 17.9 Å². The van der Waals surface area contributed by atoms with Crippen molar-refractivity contribution in [2.24, 2.45) is 0 Å². The highest BCUT2D eigenvalue weighted by Gasteiger charge is 2.22. The third-order valence-electron chi connectivity index (χ3n) is 16.3. The van der Waals surface area contributed by atoms with Gasteiger partial charge in [-0.1, -0.05) is 339 Å². The molecule has 2 atom stereocenters. The minimum absolute atomic E-state index is 0.151. The Kier molecular flexibility index (Phi) is 64.0. The van der Waals surface area contributed by atoms with Crippen LogP contribution in [-0.4, -0.2) is 82.3 Å². The molecular formula is C75H139NO8. The number of carboxylic acid groups (broad SMARTS) is 1. The lowest BCUT2D eigenvalue weighted by atomic mass is 10.0. The lowest BCUT2D eigenvalue weighted by molar-refractivity contribution is -0.870. The number of likely N-dealkylation sites (N-methyl/N-ethyl adjacent to an activating group) is 1. The van der Waals surface area contributed by atoms with E-state index < -0.39 is 24.3 Å². The minimum Gasteiger partial charge on any atom is -0.545 e. The van der Waals surface area contributed by atoms with E-state index in [1.54, 1.807) is 0 Å². The number of rotatable bonds is 68. The molecule has 0 fully saturated rings. The molecule has 0 bridgehead atoms. The fourth-order valence-corrected chi connectivity index (χ4v) is 10.8. The molecule has 0 saturated carbocycles. The van der Waals surface area contributed by atoms with E-state index in [-0.39, 0.29) is 32.2 Å². The molecule has 0 aliphatic heterocycles. The molecule has 0 N–H and O–H groups in total. The van der Waals surface area contributed by atoms with Gasteiger partial charge in [-0.15, -0.1) is 0 Å². The van der Waals surface area contributed by atoms with Gasteiger partial charge in [0.1, 0.15) is 13.2 Å². The molecule has 0 radical (unpaired) electrons. The third-order valence-corrected chi connectivity index (χ3v) is 16.3. The molecule has 9 nitrogen and oxygen atoms in total. The number of nitrogens with zero attached hydrogens (tertiary/aromatic N) is 1. The van der Waals surface area contributed by atoms with E-state index in [0.717, 1.165) is 64.2 Å². The summed E-state index contributed by atoms with van der Waals surface area (Å²) in [6, 6.07) is 0. The van der Waals surface area contributed by atoms with Crippen LogP contribution in [0, 0.1) is 0 Å². The summed E-state index contributed by atoms with van der Waals surface area (Å²) in [5.74, 6) is -2.25. The Balaban J connectivity index is 4.03. The molecule has 0 aromatic rings. The van der Waals surface area contributed by atoms with Crippen molar-refractivity contribution in [2.75, 3.05) is 47.5 Å². The van der Waals surface area contributed by atoms with Crippen LogP contribution in [0.2, 0.25) is 0 Å². The average Bonchev–Trinajstić information content (AvgIpc) is 3.51. The molecular weight excluding hydrogens is 1040 g/mol. The van der Waals surface area contributed by atoms with Crippen molar-refractivity contribution < 1.29 is 42.9 Å². The third kappa shape index (κ3) is 66.8. The van der Waals surface area contributed by atoms with Gasteiger partial charge in [0.05, 0.1) is 40.3 Å². The maximum absolute atomic E-state index is 12.9. The van der Waals surface area contributed by atoms with Crippen molar-refractivity contribution in [2.45, 2.75) is 367 Å². The molecule has 2 unspecified atom stereocenters. The largest absolute Gasteiger partial charge is 0.545 e. The first-order valence-electron chi connectivity index (χ1n) is 36.3. The zero-order chi connectivity index (χ0) is 61.2. The Morgan fingerprint density at radius 3 is 1.01 bits per heavy atom. The smallest absolute Gasteiger partial charge is 0.306 e. The minimum atomic E-state index is -1.62. The molecule has 84 heavy (non-hydrogen) atoms. The summed E-state index contributed by atoms with van der Waals surface area (Å²) < 4.78 is 22.8. The van der Waals surface area contributed by atoms with Crippen LogP contribution in [-0.2, 0) is 33.3 Å². The average molecular weight is 1180 g/mol. The zero-order valence-corrected chi connectivity index (χ0v) is 56.3. The number of hydrogen-bond donors (Lipinski definition) is 0. The molecule has 0 heterocycles. The topological polar surface area (TPSA) is 111 Å². The Hall–Kier alpha value is -2.75. The molecule has 0 amide bonds. The highest BCUT2D eigenvalue weighted by atomic mass is 16.7. The second-order valence-corrected chi connectivity index (χ2v) is 25.9. The molecule has 9 heteroatoms. The quantitative estimate of drug-likeness (QED) is 0.0195. The normalized spacial score (nSPS) is 12.9. The predicted octanol–water partition coefficient (Wildman–Crippen LogP) is 21.2. The first-order valence-corrected chi connectivity index (χ1v) is 36.3.